The number of rotatable bonds is 4. The second kappa shape index (κ2) is 5.76. The van der Waals surface area contributed by atoms with Gasteiger partial charge < -0.3 is 4.74 Å². The maximum Gasteiger partial charge on any atom is 0.133 e. The molecule has 0 aliphatic carbocycles. The summed E-state index contributed by atoms with van der Waals surface area (Å²) in [6.07, 6.45) is 2.33. The molecule has 1 aromatic carbocycles. The highest BCUT2D eigenvalue weighted by Gasteiger charge is 2.08. The van der Waals surface area contributed by atoms with E-state index in [1.807, 2.05) is 6.07 Å². The predicted octanol–water partition coefficient (Wildman–Crippen LogP) is 4.69. The number of hydrogen-bond donors (Lipinski definition) is 0. The number of halogens is 2. The highest BCUT2D eigenvalue weighted by molar-refractivity contribution is 9.10. The summed E-state index contributed by atoms with van der Waals surface area (Å²) < 4.78 is 6.19. The second-order valence-corrected chi connectivity index (χ2v) is 5.11. The molecule has 1 aromatic rings. The first-order valence-electron chi connectivity index (χ1n) is 4.66. The summed E-state index contributed by atoms with van der Waals surface area (Å²) in [4.78, 5) is 0.440. The van der Waals surface area contributed by atoms with E-state index in [4.69, 9.17) is 4.74 Å². The average Bonchev–Trinajstić information content (AvgIpc) is 2.18. The molecule has 0 saturated heterocycles. The standard InChI is InChI=1S/C11H14Br2O/c1-3-4-9(12)8-5-6-11(14-2)10(13)7-8/h5-7,9H,3-4H2,1-2H3. The minimum Gasteiger partial charge on any atom is -0.496 e. The fourth-order valence-electron chi connectivity index (χ4n) is 1.30. The molecule has 0 aliphatic rings. The van der Waals surface area contributed by atoms with E-state index in [9.17, 15) is 0 Å². The van der Waals surface area contributed by atoms with Crippen molar-refractivity contribution in [1.29, 1.82) is 0 Å². The molecule has 1 unspecified atom stereocenters. The van der Waals surface area contributed by atoms with Crippen molar-refractivity contribution in [2.45, 2.75) is 24.6 Å². The Morgan fingerprint density at radius 1 is 1.43 bits per heavy atom. The third-order valence-electron chi connectivity index (χ3n) is 2.08. The van der Waals surface area contributed by atoms with E-state index < -0.39 is 0 Å². The van der Waals surface area contributed by atoms with Crippen LogP contribution in [0.5, 0.6) is 5.75 Å². The van der Waals surface area contributed by atoms with Crippen LogP contribution in [0.2, 0.25) is 0 Å². The molecule has 0 spiro atoms. The first-order valence-corrected chi connectivity index (χ1v) is 6.37. The minimum absolute atomic E-state index is 0.440. The minimum atomic E-state index is 0.440. The number of hydrogen-bond acceptors (Lipinski definition) is 1. The molecule has 0 radical (unpaired) electrons. The van der Waals surface area contributed by atoms with Gasteiger partial charge in [0.05, 0.1) is 11.6 Å². The Labute approximate surface area is 102 Å². The summed E-state index contributed by atoms with van der Waals surface area (Å²) in [6.45, 7) is 2.19. The molecule has 14 heavy (non-hydrogen) atoms. The lowest BCUT2D eigenvalue weighted by Gasteiger charge is -2.10. The lowest BCUT2D eigenvalue weighted by molar-refractivity contribution is 0.412. The van der Waals surface area contributed by atoms with Crippen LogP contribution in [0.25, 0.3) is 0 Å². The highest BCUT2D eigenvalue weighted by Crippen LogP contribution is 2.33. The normalized spacial score (nSPS) is 12.6. The van der Waals surface area contributed by atoms with E-state index in [-0.39, 0.29) is 0 Å². The quantitative estimate of drug-likeness (QED) is 0.731. The van der Waals surface area contributed by atoms with E-state index in [1.54, 1.807) is 7.11 Å². The molecule has 78 valence electrons. The van der Waals surface area contributed by atoms with Crippen molar-refractivity contribution in [3.8, 4) is 5.75 Å². The SMILES string of the molecule is CCCC(Br)c1ccc(OC)c(Br)c1. The molecule has 0 fully saturated rings. The fourth-order valence-corrected chi connectivity index (χ4v) is 2.60. The average molecular weight is 322 g/mol. The molecular weight excluding hydrogens is 308 g/mol. The van der Waals surface area contributed by atoms with Gasteiger partial charge in [-0.2, -0.15) is 0 Å². The summed E-state index contributed by atoms with van der Waals surface area (Å²) >= 11 is 7.15. The molecule has 0 heterocycles. The molecule has 3 heteroatoms. The van der Waals surface area contributed by atoms with Crippen LogP contribution in [-0.4, -0.2) is 7.11 Å². The number of ether oxygens (including phenoxy) is 1. The topological polar surface area (TPSA) is 9.23 Å². The van der Waals surface area contributed by atoms with Crippen LogP contribution in [0.1, 0.15) is 30.2 Å². The molecule has 0 N–H and O–H groups in total. The van der Waals surface area contributed by atoms with Crippen molar-refractivity contribution in [3.05, 3.63) is 28.2 Å². The molecule has 0 aromatic heterocycles. The van der Waals surface area contributed by atoms with Gasteiger partial charge in [0.15, 0.2) is 0 Å². The van der Waals surface area contributed by atoms with Crippen LogP contribution in [0.4, 0.5) is 0 Å². The van der Waals surface area contributed by atoms with E-state index in [0.29, 0.717) is 4.83 Å². The molecule has 0 aliphatic heterocycles. The van der Waals surface area contributed by atoms with E-state index in [2.05, 4.69) is 50.9 Å². The Balaban J connectivity index is 2.85. The van der Waals surface area contributed by atoms with Crippen molar-refractivity contribution >= 4 is 31.9 Å². The molecule has 0 bridgehead atoms. The maximum absolute atomic E-state index is 5.18. The Bertz CT molecular complexity index is 299. The lowest BCUT2D eigenvalue weighted by Crippen LogP contribution is -1.91. The Hall–Kier alpha value is -0.0200. The van der Waals surface area contributed by atoms with Gasteiger partial charge in [0.25, 0.3) is 0 Å². The van der Waals surface area contributed by atoms with Crippen molar-refractivity contribution in [1.82, 2.24) is 0 Å². The number of methoxy groups -OCH3 is 1. The van der Waals surface area contributed by atoms with Crippen LogP contribution in [0.3, 0.4) is 0 Å². The van der Waals surface area contributed by atoms with Gasteiger partial charge in [-0.25, -0.2) is 0 Å². The van der Waals surface area contributed by atoms with Gasteiger partial charge in [-0.15, -0.1) is 0 Å². The molecule has 1 rings (SSSR count). The van der Waals surface area contributed by atoms with Crippen LogP contribution in [0.15, 0.2) is 22.7 Å². The van der Waals surface area contributed by atoms with Gasteiger partial charge in [0.1, 0.15) is 5.75 Å². The van der Waals surface area contributed by atoms with Crippen molar-refractivity contribution in [3.63, 3.8) is 0 Å². The zero-order chi connectivity index (χ0) is 10.6. The second-order valence-electron chi connectivity index (χ2n) is 3.15. The van der Waals surface area contributed by atoms with Gasteiger partial charge in [0, 0.05) is 4.83 Å². The summed E-state index contributed by atoms with van der Waals surface area (Å²) in [5.41, 5.74) is 1.29. The Morgan fingerprint density at radius 3 is 2.64 bits per heavy atom. The van der Waals surface area contributed by atoms with Crippen LogP contribution >= 0.6 is 31.9 Å². The molecule has 1 atom stereocenters. The van der Waals surface area contributed by atoms with E-state index in [0.717, 1.165) is 16.6 Å². The first kappa shape index (κ1) is 12.1. The van der Waals surface area contributed by atoms with Gasteiger partial charge in [-0.05, 0) is 40.0 Å². The highest BCUT2D eigenvalue weighted by atomic mass is 79.9. The number of alkyl halides is 1. The number of benzene rings is 1. The van der Waals surface area contributed by atoms with Crippen molar-refractivity contribution < 1.29 is 4.74 Å². The fraction of sp³-hybridized carbons (Fsp3) is 0.455. The Kier molecular flexibility index (Phi) is 4.96. The maximum atomic E-state index is 5.18. The summed E-state index contributed by atoms with van der Waals surface area (Å²) in [5.74, 6) is 0.880. The third-order valence-corrected chi connectivity index (χ3v) is 3.69. The van der Waals surface area contributed by atoms with E-state index >= 15 is 0 Å². The third kappa shape index (κ3) is 2.99. The van der Waals surface area contributed by atoms with E-state index in [1.165, 1.54) is 12.0 Å². The molecular formula is C11H14Br2O. The first-order chi connectivity index (χ1) is 6.69. The van der Waals surface area contributed by atoms with Crippen LogP contribution < -0.4 is 4.74 Å². The largest absolute Gasteiger partial charge is 0.496 e. The zero-order valence-corrected chi connectivity index (χ0v) is 11.6. The molecule has 0 amide bonds. The van der Waals surface area contributed by atoms with Crippen LogP contribution in [0, 0.1) is 0 Å². The summed E-state index contributed by atoms with van der Waals surface area (Å²) in [7, 11) is 1.68. The molecule has 0 saturated carbocycles. The van der Waals surface area contributed by atoms with Crippen molar-refractivity contribution in [2.24, 2.45) is 0 Å². The summed E-state index contributed by atoms with van der Waals surface area (Å²) in [5, 5.41) is 0. The predicted molar refractivity (Wildman–Crippen MR) is 67.3 cm³/mol. The smallest absolute Gasteiger partial charge is 0.133 e. The molecule has 1 nitrogen and oxygen atoms in total. The Morgan fingerprint density at radius 2 is 2.14 bits per heavy atom. The van der Waals surface area contributed by atoms with Gasteiger partial charge in [-0.1, -0.05) is 35.3 Å². The van der Waals surface area contributed by atoms with Gasteiger partial charge in [0.2, 0.25) is 0 Å². The zero-order valence-electron chi connectivity index (χ0n) is 8.39. The van der Waals surface area contributed by atoms with Crippen molar-refractivity contribution in [2.75, 3.05) is 7.11 Å². The van der Waals surface area contributed by atoms with Gasteiger partial charge in [-0.3, -0.25) is 0 Å². The van der Waals surface area contributed by atoms with Gasteiger partial charge >= 0.3 is 0 Å². The monoisotopic (exact) mass is 320 g/mol. The summed E-state index contributed by atoms with van der Waals surface area (Å²) in [6, 6.07) is 6.19. The lowest BCUT2D eigenvalue weighted by atomic mass is 10.1. The van der Waals surface area contributed by atoms with Crippen LogP contribution in [-0.2, 0) is 0 Å².